The van der Waals surface area contributed by atoms with E-state index in [1.165, 1.54) is 20.3 Å². The van der Waals surface area contributed by atoms with Crippen molar-refractivity contribution in [1.82, 2.24) is 10.6 Å². The first kappa shape index (κ1) is 14.7. The molecule has 2 atom stereocenters. The van der Waals surface area contributed by atoms with Gasteiger partial charge in [0.05, 0.1) is 19.3 Å². The van der Waals surface area contributed by atoms with Crippen LogP contribution in [0.3, 0.4) is 0 Å². The summed E-state index contributed by atoms with van der Waals surface area (Å²) in [4.78, 5) is 12.1. The third kappa shape index (κ3) is 2.73. The van der Waals surface area contributed by atoms with Crippen LogP contribution in [0.1, 0.15) is 10.4 Å². The SMILES string of the molecule is COc1ccc(F)c(F)c1C(=O)N[C@H]1CNC[C@@H]1OC. The summed E-state index contributed by atoms with van der Waals surface area (Å²) < 4.78 is 37.2. The van der Waals surface area contributed by atoms with Gasteiger partial charge in [-0.15, -0.1) is 0 Å². The summed E-state index contributed by atoms with van der Waals surface area (Å²) in [7, 11) is 2.82. The van der Waals surface area contributed by atoms with Crippen LogP contribution in [0, 0.1) is 11.6 Å². The zero-order valence-electron chi connectivity index (χ0n) is 11.2. The summed E-state index contributed by atoms with van der Waals surface area (Å²) in [5.74, 6) is -3.05. The maximum absolute atomic E-state index is 13.8. The lowest BCUT2D eigenvalue weighted by molar-refractivity contribution is 0.0774. The monoisotopic (exact) mass is 286 g/mol. The Morgan fingerprint density at radius 2 is 2.10 bits per heavy atom. The number of methoxy groups -OCH3 is 2. The highest BCUT2D eigenvalue weighted by Crippen LogP contribution is 2.23. The van der Waals surface area contributed by atoms with Crippen LogP contribution >= 0.6 is 0 Å². The molecule has 0 bridgehead atoms. The van der Waals surface area contributed by atoms with Crippen LogP contribution in [0.25, 0.3) is 0 Å². The number of amides is 1. The standard InChI is InChI=1S/C13H16F2N2O3/c1-19-9-4-3-7(14)12(15)11(9)13(18)17-8-5-16-6-10(8)20-2/h3-4,8,10,16H,5-6H2,1-2H3,(H,17,18)/t8-,10-/m0/s1. The van der Waals surface area contributed by atoms with Crippen molar-refractivity contribution in [3.63, 3.8) is 0 Å². The van der Waals surface area contributed by atoms with Crippen LogP contribution in [0.15, 0.2) is 12.1 Å². The van der Waals surface area contributed by atoms with E-state index in [0.29, 0.717) is 13.1 Å². The largest absolute Gasteiger partial charge is 0.496 e. The molecule has 0 radical (unpaired) electrons. The third-order valence-corrected chi connectivity index (χ3v) is 3.28. The summed E-state index contributed by atoms with van der Waals surface area (Å²) in [6.07, 6.45) is -0.207. The number of ether oxygens (including phenoxy) is 2. The summed E-state index contributed by atoms with van der Waals surface area (Å²) in [5.41, 5.74) is -0.436. The van der Waals surface area contributed by atoms with Crippen LogP contribution in [-0.2, 0) is 4.74 Å². The van der Waals surface area contributed by atoms with Gasteiger partial charge in [0.15, 0.2) is 11.6 Å². The van der Waals surface area contributed by atoms with Crippen molar-refractivity contribution in [2.75, 3.05) is 27.3 Å². The first-order valence-electron chi connectivity index (χ1n) is 6.14. The summed E-state index contributed by atoms with van der Waals surface area (Å²) in [6.45, 7) is 1.09. The van der Waals surface area contributed by atoms with Gasteiger partial charge in [-0.3, -0.25) is 4.79 Å². The lowest BCUT2D eigenvalue weighted by atomic mass is 10.1. The molecule has 20 heavy (non-hydrogen) atoms. The van der Waals surface area contributed by atoms with Crippen molar-refractivity contribution in [3.05, 3.63) is 29.3 Å². The number of halogens is 2. The molecule has 2 rings (SSSR count). The number of rotatable bonds is 4. The maximum atomic E-state index is 13.8. The molecule has 0 aromatic heterocycles. The Kier molecular flexibility index (Phi) is 4.51. The van der Waals surface area contributed by atoms with Crippen molar-refractivity contribution in [2.24, 2.45) is 0 Å². The highest BCUT2D eigenvalue weighted by Gasteiger charge is 2.30. The second-order valence-electron chi connectivity index (χ2n) is 4.45. The molecule has 110 valence electrons. The number of hydrogen-bond donors (Lipinski definition) is 2. The van der Waals surface area contributed by atoms with Gasteiger partial charge < -0.3 is 20.1 Å². The molecular weight excluding hydrogens is 270 g/mol. The number of benzene rings is 1. The molecule has 0 spiro atoms. The van der Waals surface area contributed by atoms with E-state index in [2.05, 4.69) is 10.6 Å². The van der Waals surface area contributed by atoms with Crippen LogP contribution < -0.4 is 15.4 Å². The van der Waals surface area contributed by atoms with E-state index >= 15 is 0 Å². The predicted octanol–water partition coefficient (Wildman–Crippen LogP) is 0.690. The molecule has 0 aliphatic carbocycles. The van der Waals surface area contributed by atoms with Crippen molar-refractivity contribution in [3.8, 4) is 5.75 Å². The molecule has 2 N–H and O–H groups in total. The Morgan fingerprint density at radius 1 is 1.35 bits per heavy atom. The van der Waals surface area contributed by atoms with E-state index in [1.807, 2.05) is 0 Å². The van der Waals surface area contributed by atoms with E-state index in [1.54, 1.807) is 0 Å². The van der Waals surface area contributed by atoms with Gasteiger partial charge in [0.25, 0.3) is 5.91 Å². The van der Waals surface area contributed by atoms with E-state index in [9.17, 15) is 13.6 Å². The average molecular weight is 286 g/mol. The van der Waals surface area contributed by atoms with Gasteiger partial charge >= 0.3 is 0 Å². The Balaban J connectivity index is 2.23. The van der Waals surface area contributed by atoms with Crippen LogP contribution in [0.2, 0.25) is 0 Å². The third-order valence-electron chi connectivity index (χ3n) is 3.28. The summed E-state index contributed by atoms with van der Waals surface area (Å²) in [5, 5.41) is 5.67. The molecule has 1 aliphatic rings. The van der Waals surface area contributed by atoms with Gasteiger partial charge in [-0.1, -0.05) is 0 Å². The average Bonchev–Trinajstić information content (AvgIpc) is 2.88. The van der Waals surface area contributed by atoms with E-state index in [4.69, 9.17) is 9.47 Å². The Morgan fingerprint density at radius 3 is 2.75 bits per heavy atom. The number of carbonyl (C=O) groups is 1. The molecule has 5 nitrogen and oxygen atoms in total. The molecule has 0 unspecified atom stereocenters. The molecule has 7 heteroatoms. The first-order chi connectivity index (χ1) is 9.58. The van der Waals surface area contributed by atoms with Crippen molar-refractivity contribution in [2.45, 2.75) is 12.1 Å². The van der Waals surface area contributed by atoms with Crippen molar-refractivity contribution < 1.29 is 23.0 Å². The molecule has 1 fully saturated rings. The van der Waals surface area contributed by atoms with Crippen LogP contribution in [-0.4, -0.2) is 45.4 Å². The zero-order valence-corrected chi connectivity index (χ0v) is 11.2. The highest BCUT2D eigenvalue weighted by molar-refractivity contribution is 5.97. The highest BCUT2D eigenvalue weighted by atomic mass is 19.2. The molecule has 1 heterocycles. The van der Waals surface area contributed by atoms with Gasteiger partial charge in [0, 0.05) is 20.2 Å². The van der Waals surface area contributed by atoms with Gasteiger partial charge in [0.2, 0.25) is 0 Å². The Bertz CT molecular complexity index is 511. The predicted molar refractivity (Wildman–Crippen MR) is 67.8 cm³/mol. The lowest BCUT2D eigenvalue weighted by Crippen LogP contribution is -2.44. The Hall–Kier alpha value is -1.73. The second kappa shape index (κ2) is 6.15. The fraction of sp³-hybridized carbons (Fsp3) is 0.462. The van der Waals surface area contributed by atoms with E-state index in [-0.39, 0.29) is 17.9 Å². The van der Waals surface area contributed by atoms with Crippen LogP contribution in [0.5, 0.6) is 5.75 Å². The van der Waals surface area contributed by atoms with Crippen LogP contribution in [0.4, 0.5) is 8.78 Å². The molecule has 0 saturated carbocycles. The minimum atomic E-state index is -1.22. The van der Waals surface area contributed by atoms with Crippen molar-refractivity contribution >= 4 is 5.91 Å². The molecule has 1 amide bonds. The minimum Gasteiger partial charge on any atom is -0.496 e. The smallest absolute Gasteiger partial charge is 0.258 e. The molecule has 1 aromatic carbocycles. The lowest BCUT2D eigenvalue weighted by Gasteiger charge is -2.19. The normalized spacial score (nSPS) is 21.8. The van der Waals surface area contributed by atoms with Gasteiger partial charge in [-0.2, -0.15) is 0 Å². The molecule has 1 aromatic rings. The van der Waals surface area contributed by atoms with E-state index < -0.39 is 23.1 Å². The molecule has 1 saturated heterocycles. The fourth-order valence-corrected chi connectivity index (χ4v) is 2.20. The molecular formula is C13H16F2N2O3. The fourth-order valence-electron chi connectivity index (χ4n) is 2.20. The minimum absolute atomic E-state index is 0.0127. The first-order valence-corrected chi connectivity index (χ1v) is 6.14. The summed E-state index contributed by atoms with van der Waals surface area (Å²) in [6, 6.07) is 1.83. The zero-order chi connectivity index (χ0) is 14.7. The quantitative estimate of drug-likeness (QED) is 0.855. The number of hydrogen-bond acceptors (Lipinski definition) is 4. The van der Waals surface area contributed by atoms with Crippen molar-refractivity contribution in [1.29, 1.82) is 0 Å². The summed E-state index contributed by atoms with van der Waals surface area (Å²) >= 11 is 0. The van der Waals surface area contributed by atoms with Gasteiger partial charge in [0.1, 0.15) is 11.3 Å². The second-order valence-corrected chi connectivity index (χ2v) is 4.45. The van der Waals surface area contributed by atoms with Gasteiger partial charge in [-0.05, 0) is 12.1 Å². The maximum Gasteiger partial charge on any atom is 0.258 e. The molecule has 1 aliphatic heterocycles. The van der Waals surface area contributed by atoms with E-state index in [0.717, 1.165) is 6.07 Å². The number of nitrogens with one attached hydrogen (secondary N) is 2. The topological polar surface area (TPSA) is 59.6 Å². The van der Waals surface area contributed by atoms with Gasteiger partial charge in [-0.25, -0.2) is 8.78 Å². The Labute approximate surface area is 115 Å². The number of carbonyl (C=O) groups excluding carboxylic acids is 1.